The molecule has 1 aromatic carbocycles. The normalized spacial score (nSPS) is 12.2. The van der Waals surface area contributed by atoms with Gasteiger partial charge in [-0.1, -0.05) is 19.1 Å². The predicted molar refractivity (Wildman–Crippen MR) is 67.4 cm³/mol. The third-order valence-electron chi connectivity index (χ3n) is 2.71. The zero-order chi connectivity index (χ0) is 12.8. The number of amides is 1. The molecule has 1 unspecified atom stereocenters. The molecule has 0 bridgehead atoms. The van der Waals surface area contributed by atoms with E-state index < -0.39 is 0 Å². The summed E-state index contributed by atoms with van der Waals surface area (Å²) < 4.78 is 0. The van der Waals surface area contributed by atoms with Crippen LogP contribution in [0.2, 0.25) is 0 Å². The Kier molecular flexibility index (Phi) is 4.97. The molecule has 0 aliphatic heterocycles. The topological polar surface area (TPSA) is 66.6 Å². The van der Waals surface area contributed by atoms with Crippen molar-refractivity contribution >= 4 is 5.91 Å². The molecule has 0 spiro atoms. The third-order valence-corrected chi connectivity index (χ3v) is 2.71. The van der Waals surface area contributed by atoms with E-state index in [0.29, 0.717) is 19.5 Å². The fraction of sp³-hybridized carbons (Fsp3) is 0.462. The Balaban J connectivity index is 2.51. The number of benzene rings is 1. The number of carbonyl (C=O) groups is 1. The first-order valence-electron chi connectivity index (χ1n) is 5.75. The molecular weight excluding hydrogens is 216 g/mol. The second-order valence-corrected chi connectivity index (χ2v) is 4.46. The molecule has 4 heteroatoms. The highest BCUT2D eigenvalue weighted by Gasteiger charge is 2.12. The summed E-state index contributed by atoms with van der Waals surface area (Å²) in [6.07, 6.45) is 0.477. The van der Waals surface area contributed by atoms with Crippen LogP contribution < -0.4 is 5.73 Å². The first kappa shape index (κ1) is 13.5. The summed E-state index contributed by atoms with van der Waals surface area (Å²) in [5, 5.41) is 9.16. The van der Waals surface area contributed by atoms with Gasteiger partial charge in [0.2, 0.25) is 5.91 Å². The molecular formula is C13H20N2O2. The second kappa shape index (κ2) is 6.25. The number of hydrogen-bond acceptors (Lipinski definition) is 3. The Morgan fingerprint density at radius 1 is 1.41 bits per heavy atom. The molecule has 4 nitrogen and oxygen atoms in total. The van der Waals surface area contributed by atoms with Gasteiger partial charge in [0, 0.05) is 20.0 Å². The summed E-state index contributed by atoms with van der Waals surface area (Å²) in [5.41, 5.74) is 6.49. The number of phenolic OH excluding ortho intramolecular Hbond substituents is 1. The third kappa shape index (κ3) is 4.44. The van der Waals surface area contributed by atoms with E-state index >= 15 is 0 Å². The molecule has 0 aliphatic rings. The van der Waals surface area contributed by atoms with Crippen molar-refractivity contribution in [3.8, 4) is 5.75 Å². The molecule has 17 heavy (non-hydrogen) atoms. The zero-order valence-electron chi connectivity index (χ0n) is 10.4. The van der Waals surface area contributed by atoms with Gasteiger partial charge in [0.05, 0.1) is 0 Å². The Morgan fingerprint density at radius 2 is 2.00 bits per heavy atom. The first-order valence-corrected chi connectivity index (χ1v) is 5.75. The average molecular weight is 236 g/mol. The van der Waals surface area contributed by atoms with Crippen molar-refractivity contribution in [1.82, 2.24) is 4.90 Å². The van der Waals surface area contributed by atoms with Crippen molar-refractivity contribution in [2.24, 2.45) is 11.7 Å². The van der Waals surface area contributed by atoms with Gasteiger partial charge in [-0.2, -0.15) is 0 Å². The summed E-state index contributed by atoms with van der Waals surface area (Å²) in [7, 11) is 1.78. The van der Waals surface area contributed by atoms with Crippen LogP contribution in [0.4, 0.5) is 0 Å². The minimum absolute atomic E-state index is 0.0935. The lowest BCUT2D eigenvalue weighted by Crippen LogP contribution is -2.29. The summed E-state index contributed by atoms with van der Waals surface area (Å²) in [4.78, 5) is 13.5. The van der Waals surface area contributed by atoms with Crippen molar-refractivity contribution in [2.75, 3.05) is 13.6 Å². The fourth-order valence-corrected chi connectivity index (χ4v) is 1.50. The van der Waals surface area contributed by atoms with E-state index in [1.807, 2.05) is 19.1 Å². The molecule has 0 aromatic heterocycles. The van der Waals surface area contributed by atoms with Crippen LogP contribution in [0.3, 0.4) is 0 Å². The van der Waals surface area contributed by atoms with E-state index in [1.54, 1.807) is 24.1 Å². The van der Waals surface area contributed by atoms with Gasteiger partial charge >= 0.3 is 0 Å². The van der Waals surface area contributed by atoms with E-state index in [4.69, 9.17) is 10.8 Å². The van der Waals surface area contributed by atoms with Crippen molar-refractivity contribution in [3.05, 3.63) is 29.8 Å². The maximum Gasteiger partial charge on any atom is 0.222 e. The number of carbonyl (C=O) groups excluding carboxylic acids is 1. The van der Waals surface area contributed by atoms with Gasteiger partial charge in [-0.25, -0.2) is 0 Å². The Labute approximate surface area is 102 Å². The van der Waals surface area contributed by atoms with Crippen molar-refractivity contribution < 1.29 is 9.90 Å². The number of phenols is 1. The quantitative estimate of drug-likeness (QED) is 0.810. The fourth-order valence-electron chi connectivity index (χ4n) is 1.50. The largest absolute Gasteiger partial charge is 0.508 e. The van der Waals surface area contributed by atoms with Crippen LogP contribution in [-0.4, -0.2) is 29.5 Å². The van der Waals surface area contributed by atoms with Crippen molar-refractivity contribution in [2.45, 2.75) is 19.9 Å². The highest BCUT2D eigenvalue weighted by molar-refractivity contribution is 5.76. The maximum absolute atomic E-state index is 11.8. The van der Waals surface area contributed by atoms with Crippen LogP contribution in [0.1, 0.15) is 18.9 Å². The van der Waals surface area contributed by atoms with Crippen molar-refractivity contribution in [1.29, 1.82) is 0 Å². The predicted octanol–water partition coefficient (Wildman–Crippen LogP) is 1.34. The molecule has 0 saturated heterocycles. The number of rotatable bonds is 5. The lowest BCUT2D eigenvalue weighted by atomic mass is 10.1. The molecule has 0 saturated carbocycles. The monoisotopic (exact) mass is 236 g/mol. The van der Waals surface area contributed by atoms with Crippen LogP contribution in [-0.2, 0) is 11.3 Å². The van der Waals surface area contributed by atoms with E-state index in [-0.39, 0.29) is 17.6 Å². The smallest absolute Gasteiger partial charge is 0.222 e. The number of nitrogens with two attached hydrogens (primary N) is 1. The lowest BCUT2D eigenvalue weighted by Gasteiger charge is -2.19. The van der Waals surface area contributed by atoms with Crippen LogP contribution in [0.25, 0.3) is 0 Å². The standard InChI is InChI=1S/C13H20N2O2/c1-10(8-14)7-13(17)15(2)9-11-3-5-12(16)6-4-11/h3-6,10,16H,7-9,14H2,1-2H3. The molecule has 0 radical (unpaired) electrons. The molecule has 0 fully saturated rings. The van der Waals surface area contributed by atoms with Gasteiger partial charge < -0.3 is 15.7 Å². The minimum atomic E-state index is 0.0935. The molecule has 1 atom stereocenters. The molecule has 1 amide bonds. The van der Waals surface area contributed by atoms with Crippen LogP contribution in [0, 0.1) is 5.92 Å². The van der Waals surface area contributed by atoms with Crippen LogP contribution in [0.5, 0.6) is 5.75 Å². The highest BCUT2D eigenvalue weighted by atomic mass is 16.3. The van der Waals surface area contributed by atoms with Gasteiger partial charge in [-0.05, 0) is 30.2 Å². The molecule has 0 aliphatic carbocycles. The van der Waals surface area contributed by atoms with Crippen molar-refractivity contribution in [3.63, 3.8) is 0 Å². The molecule has 0 heterocycles. The molecule has 1 rings (SSSR count). The molecule has 1 aromatic rings. The Bertz CT molecular complexity index is 362. The maximum atomic E-state index is 11.8. The zero-order valence-corrected chi connectivity index (χ0v) is 10.4. The van der Waals surface area contributed by atoms with Gasteiger partial charge in [0.25, 0.3) is 0 Å². The van der Waals surface area contributed by atoms with E-state index in [9.17, 15) is 4.79 Å². The van der Waals surface area contributed by atoms with Crippen LogP contribution in [0.15, 0.2) is 24.3 Å². The second-order valence-electron chi connectivity index (χ2n) is 4.46. The SMILES string of the molecule is CC(CN)CC(=O)N(C)Cc1ccc(O)cc1. The summed E-state index contributed by atoms with van der Waals surface area (Å²) in [6.45, 7) is 3.04. The summed E-state index contributed by atoms with van der Waals surface area (Å²) in [5.74, 6) is 0.542. The van der Waals surface area contributed by atoms with Gasteiger partial charge in [0.1, 0.15) is 5.75 Å². The Hall–Kier alpha value is -1.55. The van der Waals surface area contributed by atoms with Gasteiger partial charge in [-0.3, -0.25) is 4.79 Å². The van der Waals surface area contributed by atoms with Gasteiger partial charge in [-0.15, -0.1) is 0 Å². The number of hydrogen-bond donors (Lipinski definition) is 2. The minimum Gasteiger partial charge on any atom is -0.508 e. The highest BCUT2D eigenvalue weighted by Crippen LogP contribution is 2.12. The average Bonchev–Trinajstić information content (AvgIpc) is 2.31. The van der Waals surface area contributed by atoms with E-state index in [1.165, 1.54) is 0 Å². The Morgan fingerprint density at radius 3 is 2.53 bits per heavy atom. The van der Waals surface area contributed by atoms with E-state index in [0.717, 1.165) is 5.56 Å². The summed E-state index contributed by atoms with van der Waals surface area (Å²) >= 11 is 0. The summed E-state index contributed by atoms with van der Waals surface area (Å²) in [6, 6.07) is 6.86. The van der Waals surface area contributed by atoms with Gasteiger partial charge in [0.15, 0.2) is 0 Å². The lowest BCUT2D eigenvalue weighted by molar-refractivity contribution is -0.131. The van der Waals surface area contributed by atoms with Crippen LogP contribution >= 0.6 is 0 Å². The van der Waals surface area contributed by atoms with E-state index in [2.05, 4.69) is 0 Å². The molecule has 94 valence electrons. The first-order chi connectivity index (χ1) is 8.02. The number of aromatic hydroxyl groups is 1. The number of nitrogens with zero attached hydrogens (tertiary/aromatic N) is 1. The molecule has 3 N–H and O–H groups in total.